The molecule has 0 aliphatic heterocycles. The van der Waals surface area contributed by atoms with E-state index in [1.54, 1.807) is 0 Å². The maximum absolute atomic E-state index is 12.0. The van der Waals surface area contributed by atoms with Crippen molar-refractivity contribution in [3.8, 4) is 0 Å². The van der Waals surface area contributed by atoms with Crippen molar-refractivity contribution in [2.45, 2.75) is 45.4 Å². The average Bonchev–Trinajstić information content (AvgIpc) is 2.67. The molecule has 8 heteroatoms. The number of allylic oxidation sites excluding steroid dienone is 1. The van der Waals surface area contributed by atoms with Crippen molar-refractivity contribution < 1.29 is 29.0 Å². The van der Waals surface area contributed by atoms with E-state index in [0.29, 0.717) is 6.42 Å². The zero-order chi connectivity index (χ0) is 20.9. The lowest BCUT2D eigenvalue weighted by molar-refractivity contribution is -0.145. The minimum Gasteiger partial charge on any atom is -0.467 e. The van der Waals surface area contributed by atoms with Gasteiger partial charge in [0.2, 0.25) is 5.91 Å². The summed E-state index contributed by atoms with van der Waals surface area (Å²) in [4.78, 5) is 35.4. The molecule has 0 unspecified atom stereocenters. The Bertz CT molecular complexity index is 671. The second-order valence-electron chi connectivity index (χ2n) is 6.46. The molecule has 8 nitrogen and oxygen atoms in total. The third-order valence-corrected chi connectivity index (χ3v) is 3.70. The topological polar surface area (TPSA) is 114 Å². The van der Waals surface area contributed by atoms with Crippen LogP contribution in [-0.2, 0) is 25.7 Å². The molecule has 0 aliphatic carbocycles. The molecule has 0 fully saturated rings. The number of methoxy groups -OCH3 is 1. The molecule has 1 aromatic carbocycles. The quantitative estimate of drug-likeness (QED) is 0.412. The Labute approximate surface area is 164 Å². The molecule has 1 aromatic rings. The van der Waals surface area contributed by atoms with Gasteiger partial charge in [0.15, 0.2) is 0 Å². The smallest absolute Gasteiger partial charge is 0.407 e. The molecule has 28 heavy (non-hydrogen) atoms. The predicted octanol–water partition coefficient (Wildman–Crippen LogP) is 1.68. The highest BCUT2D eigenvalue weighted by molar-refractivity contribution is 5.84. The van der Waals surface area contributed by atoms with E-state index in [4.69, 9.17) is 4.74 Å². The highest BCUT2D eigenvalue weighted by Crippen LogP contribution is 2.03. The minimum atomic E-state index is -1.12. The summed E-state index contributed by atoms with van der Waals surface area (Å²) >= 11 is 0. The molecule has 0 bridgehead atoms. The van der Waals surface area contributed by atoms with Crippen LogP contribution in [0, 0.1) is 0 Å². The maximum Gasteiger partial charge on any atom is 0.407 e. The number of alkyl carbamates (subject to hydrolysis) is 1. The molecule has 3 N–H and O–H groups in total. The number of nitrogens with one attached hydrogen (secondary N) is 2. The maximum atomic E-state index is 12.0. The number of amides is 2. The summed E-state index contributed by atoms with van der Waals surface area (Å²) in [5.74, 6) is -1.09. The van der Waals surface area contributed by atoms with Gasteiger partial charge in [-0.2, -0.15) is 0 Å². The molecular formula is C20H28N2O6. The van der Waals surface area contributed by atoms with Gasteiger partial charge in [-0.3, -0.25) is 4.79 Å². The number of aliphatic hydroxyl groups excluding tert-OH is 1. The summed E-state index contributed by atoms with van der Waals surface area (Å²) in [5, 5.41) is 14.8. The van der Waals surface area contributed by atoms with Crippen LogP contribution in [0.25, 0.3) is 0 Å². The van der Waals surface area contributed by atoms with Gasteiger partial charge in [-0.05, 0) is 25.8 Å². The zero-order valence-corrected chi connectivity index (χ0v) is 16.4. The van der Waals surface area contributed by atoms with E-state index >= 15 is 0 Å². The Morgan fingerprint density at radius 1 is 1.18 bits per heavy atom. The third-order valence-electron chi connectivity index (χ3n) is 3.70. The van der Waals surface area contributed by atoms with Gasteiger partial charge in [-0.25, -0.2) is 9.59 Å². The number of benzene rings is 1. The van der Waals surface area contributed by atoms with Crippen molar-refractivity contribution in [3.63, 3.8) is 0 Å². The number of ether oxygens (including phenoxy) is 2. The number of hydrogen-bond acceptors (Lipinski definition) is 6. The molecule has 2 amide bonds. The Balaban J connectivity index is 2.36. The van der Waals surface area contributed by atoms with Crippen molar-refractivity contribution in [3.05, 3.63) is 47.5 Å². The molecule has 0 aliphatic rings. The van der Waals surface area contributed by atoms with Gasteiger partial charge in [-0.15, -0.1) is 0 Å². The van der Waals surface area contributed by atoms with E-state index in [1.165, 1.54) is 7.11 Å². The molecule has 0 saturated carbocycles. The Hall–Kier alpha value is -2.87. The first-order valence-electron chi connectivity index (χ1n) is 8.95. The highest BCUT2D eigenvalue weighted by atomic mass is 16.5. The van der Waals surface area contributed by atoms with E-state index < -0.39 is 30.1 Å². The van der Waals surface area contributed by atoms with Crippen LogP contribution in [0.4, 0.5) is 4.79 Å². The van der Waals surface area contributed by atoms with Crippen LogP contribution < -0.4 is 10.6 Å². The first kappa shape index (κ1) is 23.2. The summed E-state index contributed by atoms with van der Waals surface area (Å²) in [7, 11) is 1.24. The molecule has 0 heterocycles. The third kappa shape index (κ3) is 9.72. The van der Waals surface area contributed by atoms with E-state index in [0.717, 1.165) is 11.1 Å². The van der Waals surface area contributed by atoms with Gasteiger partial charge >= 0.3 is 12.1 Å². The van der Waals surface area contributed by atoms with Crippen molar-refractivity contribution in [1.29, 1.82) is 0 Å². The fourth-order valence-corrected chi connectivity index (χ4v) is 2.22. The summed E-state index contributed by atoms with van der Waals surface area (Å²) in [5.41, 5.74) is 1.84. The fraction of sp³-hybridized carbons (Fsp3) is 0.450. The van der Waals surface area contributed by atoms with Crippen molar-refractivity contribution in [2.24, 2.45) is 0 Å². The number of aliphatic hydroxyl groups is 1. The van der Waals surface area contributed by atoms with Gasteiger partial charge in [0, 0.05) is 6.54 Å². The number of rotatable bonds is 10. The Morgan fingerprint density at radius 3 is 2.46 bits per heavy atom. The van der Waals surface area contributed by atoms with Crippen LogP contribution in [0.5, 0.6) is 0 Å². The molecule has 2 atom stereocenters. The zero-order valence-electron chi connectivity index (χ0n) is 16.4. The second kappa shape index (κ2) is 12.5. The van der Waals surface area contributed by atoms with Gasteiger partial charge in [0.1, 0.15) is 12.6 Å². The molecule has 0 spiro atoms. The number of hydrogen-bond donors (Lipinski definition) is 3. The first-order valence-corrected chi connectivity index (χ1v) is 8.95. The molecule has 1 rings (SSSR count). The summed E-state index contributed by atoms with van der Waals surface area (Å²) in [6.07, 6.45) is 0.00968. The normalized spacial score (nSPS) is 12.3. The number of esters is 1. The van der Waals surface area contributed by atoms with Crippen LogP contribution in [0.15, 0.2) is 42.0 Å². The fourth-order valence-electron chi connectivity index (χ4n) is 2.22. The van der Waals surface area contributed by atoms with Crippen LogP contribution in [0.3, 0.4) is 0 Å². The summed E-state index contributed by atoms with van der Waals surface area (Å²) in [6, 6.07) is 8.33. The average molecular weight is 392 g/mol. The van der Waals surface area contributed by atoms with Gasteiger partial charge < -0.3 is 25.2 Å². The minimum absolute atomic E-state index is 0.106. The van der Waals surface area contributed by atoms with Crippen LogP contribution >= 0.6 is 0 Å². The first-order chi connectivity index (χ1) is 13.3. The highest BCUT2D eigenvalue weighted by Gasteiger charge is 2.22. The van der Waals surface area contributed by atoms with E-state index in [2.05, 4.69) is 15.4 Å². The van der Waals surface area contributed by atoms with E-state index in [9.17, 15) is 19.5 Å². The van der Waals surface area contributed by atoms with E-state index in [-0.39, 0.29) is 19.6 Å². The van der Waals surface area contributed by atoms with Crippen LogP contribution in [0.1, 0.15) is 32.3 Å². The predicted molar refractivity (Wildman–Crippen MR) is 103 cm³/mol. The standard InChI is InChI=1S/C20H28N2O6/c1-14(2)9-10-17(19(25)27-3)22-18(24)11-16(23)12-21-20(26)28-13-15-7-5-4-6-8-15/h4-9,16-17,23H,10-13H2,1-3H3,(H,21,26)(H,22,24)/t16-,17+/m1/s1. The number of carbonyl (C=O) groups excluding carboxylic acids is 3. The van der Waals surface area contributed by atoms with Crippen molar-refractivity contribution >= 4 is 18.0 Å². The Kier molecular flexibility index (Phi) is 10.3. The number of carbonyl (C=O) groups is 3. The Morgan fingerprint density at radius 2 is 1.86 bits per heavy atom. The lowest BCUT2D eigenvalue weighted by Crippen LogP contribution is -2.43. The van der Waals surface area contributed by atoms with Crippen LogP contribution in [0.2, 0.25) is 0 Å². The van der Waals surface area contributed by atoms with Crippen molar-refractivity contribution in [1.82, 2.24) is 10.6 Å². The summed E-state index contributed by atoms with van der Waals surface area (Å²) < 4.78 is 9.69. The lowest BCUT2D eigenvalue weighted by atomic mass is 10.1. The molecular weight excluding hydrogens is 364 g/mol. The van der Waals surface area contributed by atoms with Gasteiger partial charge in [0.25, 0.3) is 0 Å². The van der Waals surface area contributed by atoms with Crippen molar-refractivity contribution in [2.75, 3.05) is 13.7 Å². The molecule has 0 aromatic heterocycles. The monoisotopic (exact) mass is 392 g/mol. The van der Waals surface area contributed by atoms with Gasteiger partial charge in [0.05, 0.1) is 19.6 Å². The second-order valence-corrected chi connectivity index (χ2v) is 6.46. The lowest BCUT2D eigenvalue weighted by Gasteiger charge is -2.17. The molecule has 154 valence electrons. The molecule has 0 saturated heterocycles. The largest absolute Gasteiger partial charge is 0.467 e. The van der Waals surface area contributed by atoms with Gasteiger partial charge in [-0.1, -0.05) is 42.0 Å². The SMILES string of the molecule is COC(=O)[C@H](CC=C(C)C)NC(=O)C[C@@H](O)CNC(=O)OCc1ccccc1. The molecule has 0 radical (unpaired) electrons. The summed E-state index contributed by atoms with van der Waals surface area (Å²) in [6.45, 7) is 3.71. The van der Waals surface area contributed by atoms with Crippen LogP contribution in [-0.4, -0.2) is 48.9 Å². The van der Waals surface area contributed by atoms with E-state index in [1.807, 2.05) is 50.3 Å².